The summed E-state index contributed by atoms with van der Waals surface area (Å²) in [4.78, 5) is 4.10. The molecular formula is C14H16N2O. The van der Waals surface area contributed by atoms with Crippen molar-refractivity contribution in [2.75, 3.05) is 0 Å². The maximum absolute atomic E-state index is 5.82. The van der Waals surface area contributed by atoms with Crippen LogP contribution >= 0.6 is 0 Å². The molecule has 0 aliphatic heterocycles. The fraction of sp³-hybridized carbons (Fsp3) is 0.214. The quantitative estimate of drug-likeness (QED) is 0.875. The summed E-state index contributed by atoms with van der Waals surface area (Å²) in [5, 5.41) is 0. The van der Waals surface area contributed by atoms with Gasteiger partial charge in [0.1, 0.15) is 11.5 Å². The summed E-state index contributed by atoms with van der Waals surface area (Å²) in [6.45, 7) is 2.58. The monoisotopic (exact) mass is 228 g/mol. The average Bonchev–Trinajstić information content (AvgIpc) is 2.39. The number of para-hydroxylation sites is 1. The molecule has 0 bridgehead atoms. The zero-order valence-corrected chi connectivity index (χ0v) is 9.89. The maximum atomic E-state index is 5.82. The Morgan fingerprint density at radius 1 is 1.24 bits per heavy atom. The van der Waals surface area contributed by atoms with E-state index in [1.165, 1.54) is 5.56 Å². The smallest absolute Gasteiger partial charge is 0.146 e. The van der Waals surface area contributed by atoms with Gasteiger partial charge < -0.3 is 10.5 Å². The van der Waals surface area contributed by atoms with Crippen LogP contribution in [-0.2, 0) is 13.0 Å². The molecule has 1 heterocycles. The lowest BCUT2D eigenvalue weighted by Crippen LogP contribution is -1.98. The zero-order chi connectivity index (χ0) is 12.1. The lowest BCUT2D eigenvalue weighted by atomic mass is 10.1. The van der Waals surface area contributed by atoms with Gasteiger partial charge in [0.2, 0.25) is 0 Å². The second-order valence-corrected chi connectivity index (χ2v) is 3.80. The highest BCUT2D eigenvalue weighted by molar-refractivity contribution is 5.37. The number of nitrogens with zero attached hydrogens (tertiary/aromatic N) is 1. The fourth-order valence-corrected chi connectivity index (χ4v) is 1.65. The Balaban J connectivity index is 2.24. The molecule has 0 atom stereocenters. The first-order valence-electron chi connectivity index (χ1n) is 5.73. The van der Waals surface area contributed by atoms with Crippen molar-refractivity contribution in [3.8, 4) is 11.5 Å². The van der Waals surface area contributed by atoms with Crippen molar-refractivity contribution >= 4 is 0 Å². The highest BCUT2D eigenvalue weighted by Crippen LogP contribution is 2.25. The van der Waals surface area contributed by atoms with Crippen LogP contribution in [0.1, 0.15) is 18.1 Å². The summed E-state index contributed by atoms with van der Waals surface area (Å²) in [5.74, 6) is 1.61. The molecule has 0 radical (unpaired) electrons. The number of benzene rings is 1. The van der Waals surface area contributed by atoms with Gasteiger partial charge in [0.05, 0.1) is 6.20 Å². The van der Waals surface area contributed by atoms with E-state index in [4.69, 9.17) is 10.5 Å². The third-order valence-corrected chi connectivity index (χ3v) is 2.59. The Morgan fingerprint density at radius 2 is 2.06 bits per heavy atom. The van der Waals surface area contributed by atoms with Crippen molar-refractivity contribution in [2.45, 2.75) is 19.9 Å². The largest absolute Gasteiger partial charge is 0.455 e. The summed E-state index contributed by atoms with van der Waals surface area (Å²) in [6, 6.07) is 9.93. The molecule has 2 rings (SSSR count). The molecule has 0 aliphatic carbocycles. The third-order valence-electron chi connectivity index (χ3n) is 2.59. The first-order chi connectivity index (χ1) is 8.33. The minimum Gasteiger partial charge on any atom is -0.455 e. The first-order valence-corrected chi connectivity index (χ1v) is 5.73. The number of nitrogens with two attached hydrogens (primary N) is 1. The van der Waals surface area contributed by atoms with E-state index in [1.54, 1.807) is 12.4 Å². The van der Waals surface area contributed by atoms with Crippen molar-refractivity contribution < 1.29 is 4.74 Å². The van der Waals surface area contributed by atoms with Crippen molar-refractivity contribution in [1.29, 1.82) is 0 Å². The van der Waals surface area contributed by atoms with Crippen LogP contribution in [0.4, 0.5) is 0 Å². The SMILES string of the molecule is CCc1ccccc1Oc1cncc(CN)c1. The zero-order valence-electron chi connectivity index (χ0n) is 9.89. The molecule has 3 heteroatoms. The minimum absolute atomic E-state index is 0.472. The number of ether oxygens (including phenoxy) is 1. The van der Waals surface area contributed by atoms with Crippen LogP contribution in [0.5, 0.6) is 11.5 Å². The molecule has 0 spiro atoms. The number of hydrogen-bond acceptors (Lipinski definition) is 3. The molecule has 2 N–H and O–H groups in total. The second-order valence-electron chi connectivity index (χ2n) is 3.80. The minimum atomic E-state index is 0.472. The van der Waals surface area contributed by atoms with Gasteiger partial charge in [-0.25, -0.2) is 0 Å². The average molecular weight is 228 g/mol. The van der Waals surface area contributed by atoms with Crippen LogP contribution in [0, 0.1) is 0 Å². The Labute approximate surface area is 101 Å². The normalized spacial score (nSPS) is 10.2. The van der Waals surface area contributed by atoms with Crippen LogP contribution in [0.2, 0.25) is 0 Å². The van der Waals surface area contributed by atoms with Gasteiger partial charge in [-0.2, -0.15) is 0 Å². The molecule has 0 fully saturated rings. The van der Waals surface area contributed by atoms with Gasteiger partial charge in [0, 0.05) is 12.7 Å². The lowest BCUT2D eigenvalue weighted by Gasteiger charge is -2.10. The number of aryl methyl sites for hydroxylation is 1. The summed E-state index contributed by atoms with van der Waals surface area (Å²) in [5.41, 5.74) is 7.73. The summed E-state index contributed by atoms with van der Waals surface area (Å²) in [7, 11) is 0. The predicted molar refractivity (Wildman–Crippen MR) is 68.0 cm³/mol. The molecule has 0 unspecified atom stereocenters. The van der Waals surface area contributed by atoms with Gasteiger partial charge >= 0.3 is 0 Å². The number of pyridine rings is 1. The van der Waals surface area contributed by atoms with Gasteiger partial charge in [-0.3, -0.25) is 4.98 Å². The number of aromatic nitrogens is 1. The number of hydrogen-bond donors (Lipinski definition) is 1. The molecule has 0 saturated carbocycles. The summed E-state index contributed by atoms with van der Waals surface area (Å²) >= 11 is 0. The Kier molecular flexibility index (Phi) is 3.73. The van der Waals surface area contributed by atoms with Gasteiger partial charge in [-0.1, -0.05) is 25.1 Å². The topological polar surface area (TPSA) is 48.1 Å². The van der Waals surface area contributed by atoms with E-state index in [0.717, 1.165) is 23.5 Å². The molecule has 2 aromatic rings. The number of rotatable bonds is 4. The summed E-state index contributed by atoms with van der Waals surface area (Å²) < 4.78 is 5.82. The van der Waals surface area contributed by atoms with Crippen LogP contribution in [0.25, 0.3) is 0 Å². The van der Waals surface area contributed by atoms with Gasteiger partial charge in [-0.15, -0.1) is 0 Å². The van der Waals surface area contributed by atoms with E-state index >= 15 is 0 Å². The van der Waals surface area contributed by atoms with Gasteiger partial charge in [-0.05, 0) is 29.7 Å². The lowest BCUT2D eigenvalue weighted by molar-refractivity contribution is 0.473. The Morgan fingerprint density at radius 3 is 2.82 bits per heavy atom. The van der Waals surface area contributed by atoms with E-state index in [0.29, 0.717) is 6.54 Å². The maximum Gasteiger partial charge on any atom is 0.146 e. The molecule has 0 amide bonds. The van der Waals surface area contributed by atoms with E-state index < -0.39 is 0 Å². The van der Waals surface area contributed by atoms with Crippen molar-refractivity contribution in [3.05, 3.63) is 53.9 Å². The van der Waals surface area contributed by atoms with Crippen LogP contribution in [-0.4, -0.2) is 4.98 Å². The summed E-state index contributed by atoms with van der Waals surface area (Å²) in [6.07, 6.45) is 4.39. The van der Waals surface area contributed by atoms with Crippen LogP contribution in [0.15, 0.2) is 42.7 Å². The van der Waals surface area contributed by atoms with E-state index in [2.05, 4.69) is 18.0 Å². The van der Waals surface area contributed by atoms with Gasteiger partial charge in [0.15, 0.2) is 0 Å². The molecule has 0 saturated heterocycles. The van der Waals surface area contributed by atoms with Crippen LogP contribution in [0.3, 0.4) is 0 Å². The van der Waals surface area contributed by atoms with Crippen molar-refractivity contribution in [2.24, 2.45) is 5.73 Å². The molecule has 3 nitrogen and oxygen atoms in total. The highest BCUT2D eigenvalue weighted by Gasteiger charge is 2.03. The fourth-order valence-electron chi connectivity index (χ4n) is 1.65. The Hall–Kier alpha value is -1.87. The molecular weight excluding hydrogens is 212 g/mol. The molecule has 17 heavy (non-hydrogen) atoms. The second kappa shape index (κ2) is 5.46. The van der Waals surface area contributed by atoms with Gasteiger partial charge in [0.25, 0.3) is 0 Å². The predicted octanol–water partition coefficient (Wildman–Crippen LogP) is 2.90. The van der Waals surface area contributed by atoms with Crippen LogP contribution < -0.4 is 10.5 Å². The molecule has 0 aliphatic rings. The highest BCUT2D eigenvalue weighted by atomic mass is 16.5. The molecule has 1 aromatic heterocycles. The van der Waals surface area contributed by atoms with Crippen molar-refractivity contribution in [3.63, 3.8) is 0 Å². The molecule has 88 valence electrons. The standard InChI is InChI=1S/C14H16N2O/c1-2-12-5-3-4-6-14(12)17-13-7-11(8-15)9-16-10-13/h3-7,9-10H,2,8,15H2,1H3. The van der Waals surface area contributed by atoms with E-state index in [-0.39, 0.29) is 0 Å². The third kappa shape index (κ3) is 2.82. The van der Waals surface area contributed by atoms with Crippen molar-refractivity contribution in [1.82, 2.24) is 4.98 Å². The van der Waals surface area contributed by atoms with E-state index in [9.17, 15) is 0 Å². The Bertz CT molecular complexity index is 497. The molecule has 1 aromatic carbocycles. The van der Waals surface area contributed by atoms with E-state index in [1.807, 2.05) is 24.3 Å². The first kappa shape index (κ1) is 11.6.